The van der Waals surface area contributed by atoms with Crippen molar-refractivity contribution in [2.75, 3.05) is 0 Å². The molecular weight excluding hydrogens is 246 g/mol. The van der Waals surface area contributed by atoms with Crippen molar-refractivity contribution in [1.29, 1.82) is 0 Å². The van der Waals surface area contributed by atoms with E-state index in [-0.39, 0.29) is 0 Å². The molecule has 2 heterocycles. The standard InChI is InChI=1S/C13H13N3OS/c1-3-4-8-5-9-11(18)6-10-12(15-7-14-10)13(9)17-16(8)2/h5-7H,3-4H2,1-2H3. The number of nitrogens with zero attached hydrogens (tertiary/aromatic N) is 3. The van der Waals surface area contributed by atoms with Gasteiger partial charge in [-0.05, 0) is 18.6 Å². The van der Waals surface area contributed by atoms with Gasteiger partial charge in [0.25, 0.3) is 0 Å². The Labute approximate surface area is 109 Å². The highest BCUT2D eigenvalue weighted by molar-refractivity contribution is 7.71. The smallest absolute Gasteiger partial charge is 0.191 e. The summed E-state index contributed by atoms with van der Waals surface area (Å²) in [4.78, 5) is 8.41. The molecule has 0 atom stereocenters. The Bertz CT molecular complexity index is 789. The molecule has 18 heavy (non-hydrogen) atoms. The third-order valence-electron chi connectivity index (χ3n) is 3.07. The van der Waals surface area contributed by atoms with Gasteiger partial charge in [0.15, 0.2) is 5.42 Å². The highest BCUT2D eigenvalue weighted by Crippen LogP contribution is 2.21. The normalized spacial score (nSPS) is 11.4. The molecule has 4 nitrogen and oxygen atoms in total. The van der Waals surface area contributed by atoms with Gasteiger partial charge in [-0.2, -0.15) is 0 Å². The van der Waals surface area contributed by atoms with Crippen LogP contribution in [0.3, 0.4) is 0 Å². The summed E-state index contributed by atoms with van der Waals surface area (Å²) in [5.74, 6) is 0. The molecule has 92 valence electrons. The minimum absolute atomic E-state index is 0.720. The average molecular weight is 259 g/mol. The lowest BCUT2D eigenvalue weighted by Crippen LogP contribution is -2.02. The molecular formula is C13H13N3OS. The third kappa shape index (κ3) is 1.62. The van der Waals surface area contributed by atoms with Gasteiger partial charge in [0.1, 0.15) is 12.0 Å². The van der Waals surface area contributed by atoms with E-state index in [1.807, 2.05) is 13.1 Å². The number of aromatic nitrogens is 3. The zero-order valence-electron chi connectivity index (χ0n) is 10.3. The van der Waals surface area contributed by atoms with E-state index in [2.05, 4.69) is 23.0 Å². The first kappa shape index (κ1) is 11.3. The van der Waals surface area contributed by atoms with Gasteiger partial charge in [-0.3, -0.25) is 0 Å². The van der Waals surface area contributed by atoms with Crippen LogP contribution >= 0.6 is 12.2 Å². The number of aryl methyl sites for hydroxylation is 2. The van der Waals surface area contributed by atoms with Crippen LogP contribution in [0.1, 0.15) is 19.0 Å². The zero-order valence-corrected chi connectivity index (χ0v) is 11.1. The van der Waals surface area contributed by atoms with Crippen LogP contribution in [0.2, 0.25) is 0 Å². The van der Waals surface area contributed by atoms with Gasteiger partial charge in [-0.25, -0.2) is 14.7 Å². The van der Waals surface area contributed by atoms with Gasteiger partial charge in [-0.1, -0.05) is 25.6 Å². The summed E-state index contributed by atoms with van der Waals surface area (Å²) in [7, 11) is 1.91. The van der Waals surface area contributed by atoms with Crippen LogP contribution in [-0.4, -0.2) is 14.7 Å². The van der Waals surface area contributed by atoms with Crippen LogP contribution in [0, 0.1) is 15.1 Å². The zero-order chi connectivity index (χ0) is 12.7. The minimum Gasteiger partial charge on any atom is -0.377 e. The van der Waals surface area contributed by atoms with Gasteiger partial charge in [0, 0.05) is 12.3 Å². The van der Waals surface area contributed by atoms with Crippen molar-refractivity contribution < 1.29 is 4.52 Å². The Balaban J connectivity index is 2.47. The molecule has 0 amide bonds. The van der Waals surface area contributed by atoms with Crippen molar-refractivity contribution in [2.24, 2.45) is 7.05 Å². The molecule has 3 aliphatic rings. The molecule has 1 aliphatic carbocycles. The van der Waals surface area contributed by atoms with E-state index >= 15 is 0 Å². The Hall–Kier alpha value is -1.75. The van der Waals surface area contributed by atoms with E-state index in [1.54, 1.807) is 4.74 Å². The quantitative estimate of drug-likeness (QED) is 0.664. The van der Waals surface area contributed by atoms with Crippen LogP contribution in [0.5, 0.6) is 0 Å². The molecule has 5 heteroatoms. The fourth-order valence-electron chi connectivity index (χ4n) is 2.17. The Morgan fingerprint density at radius 1 is 1.33 bits per heavy atom. The molecule has 0 saturated carbocycles. The Morgan fingerprint density at radius 2 is 2.17 bits per heavy atom. The maximum Gasteiger partial charge on any atom is 0.191 e. The topological polar surface area (TPSA) is 43.9 Å². The molecule has 0 unspecified atom stereocenters. The van der Waals surface area contributed by atoms with Gasteiger partial charge in [-0.15, -0.1) is 0 Å². The molecule has 0 aromatic rings. The summed E-state index contributed by atoms with van der Waals surface area (Å²) in [5.41, 5.74) is 3.42. The molecule has 0 N–H and O–H groups in total. The van der Waals surface area contributed by atoms with Gasteiger partial charge < -0.3 is 4.52 Å². The third-order valence-corrected chi connectivity index (χ3v) is 3.41. The number of fused-ring (bicyclic) bond motifs is 2. The molecule has 0 spiro atoms. The Morgan fingerprint density at radius 3 is 2.94 bits per heavy atom. The van der Waals surface area contributed by atoms with Crippen LogP contribution < -0.4 is 0 Å². The van der Waals surface area contributed by atoms with Gasteiger partial charge in [0.05, 0.1) is 15.9 Å². The summed E-state index contributed by atoms with van der Waals surface area (Å²) < 4.78 is 8.40. The predicted octanol–water partition coefficient (Wildman–Crippen LogP) is 2.92. The van der Waals surface area contributed by atoms with E-state index in [4.69, 9.17) is 16.7 Å². The molecule has 2 aliphatic heterocycles. The highest BCUT2D eigenvalue weighted by Gasteiger charge is 2.13. The number of hydrogen-bond donors (Lipinski definition) is 0. The summed E-state index contributed by atoms with van der Waals surface area (Å²) >= 11 is 5.40. The van der Waals surface area contributed by atoms with E-state index in [9.17, 15) is 0 Å². The van der Waals surface area contributed by atoms with E-state index in [0.717, 1.165) is 45.1 Å². The SMILES string of the molecule is CCCc1cc2c(=S)cc3ncnc-3c=2on1C. The minimum atomic E-state index is 0.720. The van der Waals surface area contributed by atoms with Crippen LogP contribution in [0.25, 0.3) is 11.4 Å². The van der Waals surface area contributed by atoms with E-state index < -0.39 is 0 Å². The molecule has 0 bridgehead atoms. The van der Waals surface area contributed by atoms with Gasteiger partial charge >= 0.3 is 0 Å². The van der Waals surface area contributed by atoms with Gasteiger partial charge in [0.2, 0.25) is 0 Å². The number of imidazole rings is 1. The maximum atomic E-state index is 5.85. The molecule has 3 rings (SSSR count). The fourth-order valence-corrected chi connectivity index (χ4v) is 2.43. The van der Waals surface area contributed by atoms with Crippen molar-refractivity contribution in [3.8, 4) is 11.4 Å². The molecule has 0 fully saturated rings. The van der Waals surface area contributed by atoms with Crippen LogP contribution in [-0.2, 0) is 13.5 Å². The Kier molecular flexibility index (Phi) is 2.63. The second-order valence-corrected chi connectivity index (χ2v) is 4.77. The molecule has 0 radical (unpaired) electrons. The predicted molar refractivity (Wildman–Crippen MR) is 70.0 cm³/mol. The molecule has 0 aromatic carbocycles. The summed E-state index contributed by atoms with van der Waals surface area (Å²) in [6.07, 6.45) is 3.57. The summed E-state index contributed by atoms with van der Waals surface area (Å²) in [6, 6.07) is 3.98. The largest absolute Gasteiger partial charge is 0.377 e. The van der Waals surface area contributed by atoms with Crippen molar-refractivity contribution >= 4 is 12.2 Å². The van der Waals surface area contributed by atoms with E-state index in [1.165, 1.54) is 6.33 Å². The number of rotatable bonds is 2. The first-order valence-corrected chi connectivity index (χ1v) is 6.35. The summed E-state index contributed by atoms with van der Waals surface area (Å²) in [5, 5.41) is 0.944. The molecule has 0 saturated heterocycles. The summed E-state index contributed by atoms with van der Waals surface area (Å²) in [6.45, 7) is 2.14. The molecule has 0 aromatic heterocycles. The number of hydrogen-bond acceptors (Lipinski definition) is 4. The lowest BCUT2D eigenvalue weighted by atomic mass is 10.1. The first-order valence-electron chi connectivity index (χ1n) is 5.94. The monoisotopic (exact) mass is 259 g/mol. The fraction of sp³-hybridized carbons (Fsp3) is 0.308. The second-order valence-electron chi connectivity index (χ2n) is 4.33. The lowest BCUT2D eigenvalue weighted by molar-refractivity contribution is 0.258. The highest BCUT2D eigenvalue weighted by atomic mass is 32.1. The van der Waals surface area contributed by atoms with Crippen molar-refractivity contribution in [2.45, 2.75) is 19.8 Å². The van der Waals surface area contributed by atoms with E-state index in [0.29, 0.717) is 0 Å². The van der Waals surface area contributed by atoms with Crippen molar-refractivity contribution in [3.63, 3.8) is 0 Å². The van der Waals surface area contributed by atoms with Crippen molar-refractivity contribution in [3.05, 3.63) is 39.3 Å². The van der Waals surface area contributed by atoms with Crippen LogP contribution in [0.4, 0.5) is 0 Å². The second kappa shape index (κ2) is 4.17. The maximum absolute atomic E-state index is 5.85. The lowest BCUT2D eigenvalue weighted by Gasteiger charge is -2.08. The van der Waals surface area contributed by atoms with Crippen LogP contribution in [0.15, 0.2) is 23.0 Å². The van der Waals surface area contributed by atoms with Crippen molar-refractivity contribution in [1.82, 2.24) is 14.7 Å². The first-order chi connectivity index (χ1) is 8.70. The average Bonchev–Trinajstić information content (AvgIpc) is 2.79.